The van der Waals surface area contributed by atoms with Gasteiger partial charge < -0.3 is 4.90 Å². The van der Waals surface area contributed by atoms with Crippen molar-refractivity contribution in [2.24, 2.45) is 0 Å². The van der Waals surface area contributed by atoms with Crippen LogP contribution in [0.3, 0.4) is 0 Å². The average molecular weight is 388 g/mol. The standard InChI is InChI=1S/C27H49N/c1-4-7-8-9-10-11-12-13-14-15-16-17-18-19-20-23-26-24-21-22-25-27(26)28(5-2)6-3/h21-22,24-25H,4-20,23H2,1-3H3. The van der Waals surface area contributed by atoms with E-state index in [1.807, 2.05) is 0 Å². The molecule has 0 heterocycles. The summed E-state index contributed by atoms with van der Waals surface area (Å²) in [5.74, 6) is 0. The fourth-order valence-electron chi connectivity index (χ4n) is 4.28. The van der Waals surface area contributed by atoms with E-state index in [0.29, 0.717) is 0 Å². The summed E-state index contributed by atoms with van der Waals surface area (Å²) in [5, 5.41) is 0. The Morgan fingerprint density at radius 3 is 1.43 bits per heavy atom. The number of anilines is 1. The molecule has 0 aliphatic heterocycles. The van der Waals surface area contributed by atoms with E-state index in [1.54, 1.807) is 5.56 Å². The van der Waals surface area contributed by atoms with Gasteiger partial charge in [0, 0.05) is 18.8 Å². The van der Waals surface area contributed by atoms with Crippen molar-refractivity contribution in [1.82, 2.24) is 0 Å². The first-order chi connectivity index (χ1) is 13.8. The second-order valence-electron chi connectivity index (χ2n) is 8.50. The van der Waals surface area contributed by atoms with Crippen LogP contribution < -0.4 is 4.90 Å². The van der Waals surface area contributed by atoms with E-state index in [1.165, 1.54) is 108 Å². The van der Waals surface area contributed by atoms with Crippen LogP contribution in [-0.2, 0) is 6.42 Å². The Hall–Kier alpha value is -0.980. The molecule has 1 nitrogen and oxygen atoms in total. The van der Waals surface area contributed by atoms with E-state index in [-0.39, 0.29) is 0 Å². The first-order valence-electron chi connectivity index (χ1n) is 12.7. The summed E-state index contributed by atoms with van der Waals surface area (Å²) in [6.45, 7) is 9.02. The molecule has 0 saturated carbocycles. The normalized spacial score (nSPS) is 11.1. The van der Waals surface area contributed by atoms with Gasteiger partial charge in [-0.2, -0.15) is 0 Å². The lowest BCUT2D eigenvalue weighted by molar-refractivity contribution is 0.532. The second kappa shape index (κ2) is 18.1. The Kier molecular flexibility index (Phi) is 16.2. The minimum Gasteiger partial charge on any atom is -0.372 e. The van der Waals surface area contributed by atoms with Crippen LogP contribution in [0.1, 0.15) is 123 Å². The molecule has 1 heteroatoms. The molecule has 0 atom stereocenters. The summed E-state index contributed by atoms with van der Waals surface area (Å²) in [4.78, 5) is 2.49. The van der Waals surface area contributed by atoms with Gasteiger partial charge in [-0.25, -0.2) is 0 Å². The molecule has 1 aromatic carbocycles. The van der Waals surface area contributed by atoms with Crippen LogP contribution in [0.15, 0.2) is 24.3 Å². The molecule has 0 fully saturated rings. The van der Waals surface area contributed by atoms with Crippen molar-refractivity contribution >= 4 is 5.69 Å². The van der Waals surface area contributed by atoms with E-state index in [4.69, 9.17) is 0 Å². The Morgan fingerprint density at radius 1 is 0.536 bits per heavy atom. The summed E-state index contributed by atoms with van der Waals surface area (Å²) in [6, 6.07) is 9.02. The summed E-state index contributed by atoms with van der Waals surface area (Å²) < 4.78 is 0. The predicted octanol–water partition coefficient (Wildman–Crippen LogP) is 8.95. The van der Waals surface area contributed by atoms with E-state index in [0.717, 1.165) is 13.1 Å². The lowest BCUT2D eigenvalue weighted by Crippen LogP contribution is -2.23. The zero-order valence-electron chi connectivity index (χ0n) is 19.5. The fourth-order valence-corrected chi connectivity index (χ4v) is 4.28. The van der Waals surface area contributed by atoms with Gasteiger partial charge in [0.2, 0.25) is 0 Å². The molecule has 162 valence electrons. The van der Waals surface area contributed by atoms with Gasteiger partial charge in [0.05, 0.1) is 0 Å². The van der Waals surface area contributed by atoms with Crippen molar-refractivity contribution < 1.29 is 0 Å². The van der Waals surface area contributed by atoms with Gasteiger partial charge in [0.25, 0.3) is 0 Å². The molecule has 0 aromatic heterocycles. The molecule has 0 aliphatic rings. The molecular weight excluding hydrogens is 338 g/mol. The van der Waals surface area contributed by atoms with E-state index >= 15 is 0 Å². The van der Waals surface area contributed by atoms with Crippen LogP contribution in [0.2, 0.25) is 0 Å². The lowest BCUT2D eigenvalue weighted by Gasteiger charge is -2.24. The molecule has 0 spiro atoms. The van der Waals surface area contributed by atoms with Crippen LogP contribution in [-0.4, -0.2) is 13.1 Å². The number of benzene rings is 1. The Labute approximate surface area is 177 Å². The Bertz CT molecular complexity index is 449. The van der Waals surface area contributed by atoms with Gasteiger partial charge >= 0.3 is 0 Å². The van der Waals surface area contributed by atoms with Crippen molar-refractivity contribution in [2.75, 3.05) is 18.0 Å². The third-order valence-corrected chi connectivity index (χ3v) is 6.15. The maximum absolute atomic E-state index is 2.49. The Balaban J connectivity index is 1.96. The topological polar surface area (TPSA) is 3.24 Å². The van der Waals surface area contributed by atoms with Crippen LogP contribution >= 0.6 is 0 Å². The van der Waals surface area contributed by atoms with Gasteiger partial charge in [-0.15, -0.1) is 0 Å². The van der Waals surface area contributed by atoms with Crippen LogP contribution in [0.25, 0.3) is 0 Å². The first kappa shape index (κ1) is 25.1. The number of para-hydroxylation sites is 1. The average Bonchev–Trinajstić information content (AvgIpc) is 2.72. The highest BCUT2D eigenvalue weighted by Gasteiger charge is 2.07. The molecule has 1 aromatic rings. The molecule has 1 rings (SSSR count). The van der Waals surface area contributed by atoms with Crippen LogP contribution in [0.4, 0.5) is 5.69 Å². The van der Waals surface area contributed by atoms with Crippen LogP contribution in [0, 0.1) is 0 Å². The SMILES string of the molecule is CCCCCCCCCCCCCCCCCc1ccccc1N(CC)CC. The third-order valence-electron chi connectivity index (χ3n) is 6.15. The maximum Gasteiger partial charge on any atom is 0.0398 e. The number of nitrogens with zero attached hydrogens (tertiary/aromatic N) is 1. The molecule has 0 saturated heterocycles. The van der Waals surface area contributed by atoms with Gasteiger partial charge in [-0.05, 0) is 38.3 Å². The smallest absolute Gasteiger partial charge is 0.0398 e. The molecule has 0 bridgehead atoms. The summed E-state index contributed by atoms with van der Waals surface area (Å²) >= 11 is 0. The monoisotopic (exact) mass is 387 g/mol. The third kappa shape index (κ3) is 11.8. The highest BCUT2D eigenvalue weighted by molar-refractivity contribution is 5.53. The van der Waals surface area contributed by atoms with Crippen molar-refractivity contribution in [3.63, 3.8) is 0 Å². The zero-order valence-corrected chi connectivity index (χ0v) is 19.5. The van der Waals surface area contributed by atoms with E-state index in [9.17, 15) is 0 Å². The molecule has 0 amide bonds. The minimum absolute atomic E-state index is 1.10. The minimum atomic E-state index is 1.10. The molecule has 0 N–H and O–H groups in total. The number of unbranched alkanes of at least 4 members (excludes halogenated alkanes) is 14. The van der Waals surface area contributed by atoms with Gasteiger partial charge in [0.1, 0.15) is 0 Å². The van der Waals surface area contributed by atoms with Crippen molar-refractivity contribution in [3.8, 4) is 0 Å². The molecule has 0 unspecified atom stereocenters. The zero-order chi connectivity index (χ0) is 20.3. The first-order valence-corrected chi connectivity index (χ1v) is 12.7. The number of hydrogen-bond donors (Lipinski definition) is 0. The maximum atomic E-state index is 2.49. The molecule has 0 aliphatic carbocycles. The fraction of sp³-hybridized carbons (Fsp3) is 0.778. The number of rotatable bonds is 19. The van der Waals surface area contributed by atoms with Gasteiger partial charge in [-0.3, -0.25) is 0 Å². The highest BCUT2D eigenvalue weighted by atomic mass is 15.1. The predicted molar refractivity (Wildman–Crippen MR) is 129 cm³/mol. The van der Waals surface area contributed by atoms with Crippen molar-refractivity contribution in [3.05, 3.63) is 29.8 Å². The lowest BCUT2D eigenvalue weighted by atomic mass is 10.0. The molecule has 28 heavy (non-hydrogen) atoms. The van der Waals surface area contributed by atoms with Crippen molar-refractivity contribution in [1.29, 1.82) is 0 Å². The second-order valence-corrected chi connectivity index (χ2v) is 8.50. The number of hydrogen-bond acceptors (Lipinski definition) is 1. The summed E-state index contributed by atoms with van der Waals surface area (Å²) in [7, 11) is 0. The molecule has 0 radical (unpaired) electrons. The quantitative estimate of drug-likeness (QED) is 0.214. The summed E-state index contributed by atoms with van der Waals surface area (Å²) in [5.41, 5.74) is 3.00. The van der Waals surface area contributed by atoms with E-state index < -0.39 is 0 Å². The van der Waals surface area contributed by atoms with E-state index in [2.05, 4.69) is 49.9 Å². The highest BCUT2D eigenvalue weighted by Crippen LogP contribution is 2.22. The Morgan fingerprint density at radius 2 is 0.964 bits per heavy atom. The largest absolute Gasteiger partial charge is 0.372 e. The van der Waals surface area contributed by atoms with Gasteiger partial charge in [-0.1, -0.05) is 115 Å². The van der Waals surface area contributed by atoms with Crippen molar-refractivity contribution in [2.45, 2.75) is 124 Å². The number of aryl methyl sites for hydroxylation is 1. The van der Waals surface area contributed by atoms with Crippen LogP contribution in [0.5, 0.6) is 0 Å². The summed E-state index contributed by atoms with van der Waals surface area (Å²) in [6.07, 6.45) is 22.8. The molecular formula is C27H49N. The van der Waals surface area contributed by atoms with Gasteiger partial charge in [0.15, 0.2) is 0 Å².